The Hall–Kier alpha value is -2.87. The van der Waals surface area contributed by atoms with Crippen LogP contribution in [0.3, 0.4) is 0 Å². The minimum Gasteiger partial charge on any atom is -0.332 e. The summed E-state index contributed by atoms with van der Waals surface area (Å²) in [6.07, 6.45) is -4.37. The van der Waals surface area contributed by atoms with Gasteiger partial charge in [0.05, 0.1) is 12.1 Å². The SMILES string of the molecule is Cc1ccc(NC(=S)Nc2cc(C)n(Cc3cccc(C(F)(F)F)c3)n2)cc1. The van der Waals surface area contributed by atoms with Crippen LogP contribution in [0.15, 0.2) is 54.6 Å². The monoisotopic (exact) mass is 404 g/mol. The summed E-state index contributed by atoms with van der Waals surface area (Å²) in [5.41, 5.74) is 2.65. The van der Waals surface area contributed by atoms with Gasteiger partial charge in [0.2, 0.25) is 0 Å². The zero-order valence-electron chi connectivity index (χ0n) is 15.3. The molecule has 0 spiro atoms. The van der Waals surface area contributed by atoms with Crippen molar-refractivity contribution in [2.24, 2.45) is 0 Å². The summed E-state index contributed by atoms with van der Waals surface area (Å²) in [5.74, 6) is 0.522. The van der Waals surface area contributed by atoms with E-state index in [1.165, 1.54) is 6.07 Å². The molecule has 0 bridgehead atoms. The Bertz CT molecular complexity index is 978. The molecule has 1 aromatic heterocycles. The van der Waals surface area contributed by atoms with Crippen LogP contribution in [-0.4, -0.2) is 14.9 Å². The molecule has 0 aliphatic heterocycles. The van der Waals surface area contributed by atoms with E-state index in [4.69, 9.17) is 12.2 Å². The van der Waals surface area contributed by atoms with Gasteiger partial charge in [0.1, 0.15) is 0 Å². The zero-order chi connectivity index (χ0) is 20.3. The van der Waals surface area contributed by atoms with E-state index < -0.39 is 11.7 Å². The molecule has 0 fully saturated rings. The third kappa shape index (κ3) is 5.10. The highest BCUT2D eigenvalue weighted by Crippen LogP contribution is 2.29. The number of nitrogens with one attached hydrogen (secondary N) is 2. The number of anilines is 2. The number of rotatable bonds is 4. The molecule has 28 heavy (non-hydrogen) atoms. The van der Waals surface area contributed by atoms with Crippen molar-refractivity contribution >= 4 is 28.8 Å². The summed E-state index contributed by atoms with van der Waals surface area (Å²) in [6.45, 7) is 4.07. The normalized spacial score (nSPS) is 11.3. The number of aryl methyl sites for hydroxylation is 2. The lowest BCUT2D eigenvalue weighted by atomic mass is 10.1. The zero-order valence-corrected chi connectivity index (χ0v) is 16.2. The predicted octanol–water partition coefficient (Wildman–Crippen LogP) is 5.38. The Morgan fingerprint density at radius 1 is 1.04 bits per heavy atom. The van der Waals surface area contributed by atoms with E-state index in [2.05, 4.69) is 15.7 Å². The van der Waals surface area contributed by atoms with Crippen LogP contribution in [0.25, 0.3) is 0 Å². The largest absolute Gasteiger partial charge is 0.416 e. The van der Waals surface area contributed by atoms with Crippen LogP contribution in [0.4, 0.5) is 24.7 Å². The molecule has 0 aliphatic rings. The maximum Gasteiger partial charge on any atom is 0.416 e. The van der Waals surface area contributed by atoms with E-state index in [0.29, 0.717) is 16.5 Å². The van der Waals surface area contributed by atoms with Gasteiger partial charge in [0, 0.05) is 17.4 Å². The maximum atomic E-state index is 12.9. The van der Waals surface area contributed by atoms with Crippen molar-refractivity contribution in [2.45, 2.75) is 26.6 Å². The number of hydrogen-bond acceptors (Lipinski definition) is 2. The van der Waals surface area contributed by atoms with Gasteiger partial charge in [-0.1, -0.05) is 29.8 Å². The predicted molar refractivity (Wildman–Crippen MR) is 109 cm³/mol. The molecule has 2 aromatic carbocycles. The number of benzene rings is 2. The Morgan fingerprint density at radius 3 is 2.43 bits per heavy atom. The fourth-order valence-corrected chi connectivity index (χ4v) is 2.89. The second-order valence-corrected chi connectivity index (χ2v) is 6.88. The van der Waals surface area contributed by atoms with Gasteiger partial charge in [-0.3, -0.25) is 4.68 Å². The van der Waals surface area contributed by atoms with Crippen molar-refractivity contribution in [1.29, 1.82) is 0 Å². The maximum absolute atomic E-state index is 12.9. The Kier molecular flexibility index (Phi) is 5.69. The molecule has 0 saturated heterocycles. The number of hydrogen-bond donors (Lipinski definition) is 2. The van der Waals surface area contributed by atoms with Gasteiger partial charge < -0.3 is 10.6 Å². The summed E-state index contributed by atoms with van der Waals surface area (Å²) >= 11 is 5.29. The molecule has 1 heterocycles. The molecular formula is C20H19F3N4S. The number of alkyl halides is 3. The molecule has 8 heteroatoms. The minimum absolute atomic E-state index is 0.232. The molecule has 0 amide bonds. The molecule has 2 N–H and O–H groups in total. The van der Waals surface area contributed by atoms with Gasteiger partial charge >= 0.3 is 6.18 Å². The molecule has 0 radical (unpaired) electrons. The molecular weight excluding hydrogens is 385 g/mol. The second kappa shape index (κ2) is 8.02. The molecule has 3 aromatic rings. The van der Waals surface area contributed by atoms with Crippen LogP contribution in [0.2, 0.25) is 0 Å². The lowest BCUT2D eigenvalue weighted by molar-refractivity contribution is -0.137. The molecule has 3 rings (SSSR count). The summed E-state index contributed by atoms with van der Waals surface area (Å²) in [4.78, 5) is 0. The molecule has 146 valence electrons. The third-order valence-electron chi connectivity index (χ3n) is 4.12. The molecule has 0 aliphatic carbocycles. The van der Waals surface area contributed by atoms with Crippen LogP contribution in [0.1, 0.15) is 22.4 Å². The van der Waals surface area contributed by atoms with Crippen molar-refractivity contribution in [3.63, 3.8) is 0 Å². The third-order valence-corrected chi connectivity index (χ3v) is 4.32. The Morgan fingerprint density at radius 2 is 1.75 bits per heavy atom. The fraction of sp³-hybridized carbons (Fsp3) is 0.200. The van der Waals surface area contributed by atoms with E-state index in [1.54, 1.807) is 16.8 Å². The first-order valence-corrected chi connectivity index (χ1v) is 8.97. The summed E-state index contributed by atoms with van der Waals surface area (Å²) in [6, 6.07) is 14.8. The lowest BCUT2D eigenvalue weighted by Crippen LogP contribution is -2.19. The van der Waals surface area contributed by atoms with Crippen molar-refractivity contribution in [3.8, 4) is 0 Å². The van der Waals surface area contributed by atoms with Crippen molar-refractivity contribution < 1.29 is 13.2 Å². The van der Waals surface area contributed by atoms with Gasteiger partial charge in [-0.05, 0) is 55.9 Å². The van der Waals surface area contributed by atoms with Gasteiger partial charge in [-0.25, -0.2) is 0 Å². The van der Waals surface area contributed by atoms with Gasteiger partial charge in [-0.2, -0.15) is 18.3 Å². The number of thiocarbonyl (C=S) groups is 1. The standard InChI is InChI=1S/C20H19F3N4S/c1-13-6-8-17(9-7-13)24-19(28)25-18-10-14(2)27(26-18)12-15-4-3-5-16(11-15)20(21,22)23/h3-11H,12H2,1-2H3,(H2,24,25,26,28). The Labute approximate surface area is 166 Å². The first-order chi connectivity index (χ1) is 13.2. The summed E-state index contributed by atoms with van der Waals surface area (Å²) in [7, 11) is 0. The molecule has 0 saturated carbocycles. The highest BCUT2D eigenvalue weighted by Gasteiger charge is 2.30. The van der Waals surface area contributed by atoms with Crippen LogP contribution in [0, 0.1) is 13.8 Å². The molecule has 4 nitrogen and oxygen atoms in total. The lowest BCUT2D eigenvalue weighted by Gasteiger charge is -2.10. The van der Waals surface area contributed by atoms with Gasteiger partial charge in [0.15, 0.2) is 10.9 Å². The van der Waals surface area contributed by atoms with E-state index in [0.717, 1.165) is 29.1 Å². The highest BCUT2D eigenvalue weighted by molar-refractivity contribution is 7.80. The van der Waals surface area contributed by atoms with E-state index in [1.807, 2.05) is 38.1 Å². The smallest absolute Gasteiger partial charge is 0.332 e. The van der Waals surface area contributed by atoms with Crippen molar-refractivity contribution in [1.82, 2.24) is 9.78 Å². The van der Waals surface area contributed by atoms with Crippen molar-refractivity contribution in [3.05, 3.63) is 77.0 Å². The van der Waals surface area contributed by atoms with E-state index >= 15 is 0 Å². The van der Waals surface area contributed by atoms with Gasteiger partial charge in [0.25, 0.3) is 0 Å². The van der Waals surface area contributed by atoms with Crippen LogP contribution in [-0.2, 0) is 12.7 Å². The number of halogens is 3. The number of nitrogens with zero attached hydrogens (tertiary/aromatic N) is 2. The fourth-order valence-electron chi connectivity index (χ4n) is 2.67. The first kappa shape index (κ1) is 19.9. The first-order valence-electron chi connectivity index (χ1n) is 8.56. The molecule has 0 unspecified atom stereocenters. The van der Waals surface area contributed by atoms with E-state index in [9.17, 15) is 13.2 Å². The minimum atomic E-state index is -4.37. The second-order valence-electron chi connectivity index (χ2n) is 6.47. The summed E-state index contributed by atoms with van der Waals surface area (Å²) < 4.78 is 40.3. The van der Waals surface area contributed by atoms with Crippen LogP contribution < -0.4 is 10.6 Å². The van der Waals surface area contributed by atoms with Crippen LogP contribution >= 0.6 is 12.2 Å². The number of aromatic nitrogens is 2. The van der Waals surface area contributed by atoms with Crippen LogP contribution in [0.5, 0.6) is 0 Å². The highest BCUT2D eigenvalue weighted by atomic mass is 32.1. The topological polar surface area (TPSA) is 41.9 Å². The van der Waals surface area contributed by atoms with Gasteiger partial charge in [-0.15, -0.1) is 0 Å². The average Bonchev–Trinajstić information content (AvgIpc) is 2.95. The Balaban J connectivity index is 1.68. The quantitative estimate of drug-likeness (QED) is 0.573. The van der Waals surface area contributed by atoms with E-state index in [-0.39, 0.29) is 6.54 Å². The average molecular weight is 404 g/mol. The summed E-state index contributed by atoms with van der Waals surface area (Å²) in [5, 5.41) is 10.8. The van der Waals surface area contributed by atoms with Crippen molar-refractivity contribution in [2.75, 3.05) is 10.6 Å². The molecule has 0 atom stereocenters.